The number of rotatable bonds is 4. The number of carbonyl (C=O) groups is 1. The molecule has 30 heavy (non-hydrogen) atoms. The van der Waals surface area contributed by atoms with E-state index >= 15 is 0 Å². The van der Waals surface area contributed by atoms with E-state index < -0.39 is 5.92 Å². The summed E-state index contributed by atoms with van der Waals surface area (Å²) >= 11 is 0. The number of fused-ring (bicyclic) bond motifs is 1. The predicted molar refractivity (Wildman–Crippen MR) is 115 cm³/mol. The Kier molecular flexibility index (Phi) is 5.24. The van der Waals surface area contributed by atoms with Gasteiger partial charge in [0.2, 0.25) is 5.91 Å². The summed E-state index contributed by atoms with van der Waals surface area (Å²) in [5, 5.41) is 12.1. The van der Waals surface area contributed by atoms with Crippen molar-refractivity contribution < 1.29 is 4.79 Å². The number of pyridine rings is 1. The van der Waals surface area contributed by atoms with Crippen LogP contribution in [0.1, 0.15) is 54.0 Å². The zero-order valence-corrected chi connectivity index (χ0v) is 17.2. The van der Waals surface area contributed by atoms with Gasteiger partial charge in [-0.25, -0.2) is 0 Å². The van der Waals surface area contributed by atoms with Crippen LogP contribution in [-0.2, 0) is 11.3 Å². The van der Waals surface area contributed by atoms with E-state index in [9.17, 15) is 10.1 Å². The molecule has 0 spiro atoms. The number of benzene rings is 1. The first kappa shape index (κ1) is 19.2. The lowest BCUT2D eigenvalue weighted by Crippen LogP contribution is -2.43. The largest absolute Gasteiger partial charge is 0.325 e. The highest BCUT2D eigenvalue weighted by Gasteiger charge is 2.33. The Morgan fingerprint density at radius 2 is 1.90 bits per heavy atom. The monoisotopic (exact) mass is 401 g/mol. The minimum Gasteiger partial charge on any atom is -0.325 e. The number of nitrogens with one attached hydrogen (secondary N) is 1. The number of carbonyl (C=O) groups excluding carboxylic acids is 1. The molecule has 1 aromatic carbocycles. The van der Waals surface area contributed by atoms with Crippen molar-refractivity contribution in [1.82, 2.24) is 14.8 Å². The zero-order valence-electron chi connectivity index (χ0n) is 17.2. The van der Waals surface area contributed by atoms with Gasteiger partial charge in [-0.05, 0) is 87.3 Å². The molecule has 5 rings (SSSR count). The van der Waals surface area contributed by atoms with Crippen molar-refractivity contribution in [2.45, 2.75) is 44.2 Å². The summed E-state index contributed by atoms with van der Waals surface area (Å²) in [6, 6.07) is 12.3. The smallest absolute Gasteiger partial charge is 0.238 e. The van der Waals surface area contributed by atoms with Crippen LogP contribution in [0, 0.1) is 11.3 Å². The van der Waals surface area contributed by atoms with Crippen LogP contribution in [0.25, 0.3) is 0 Å². The summed E-state index contributed by atoms with van der Waals surface area (Å²) < 4.78 is 0. The maximum absolute atomic E-state index is 12.5. The fourth-order valence-corrected chi connectivity index (χ4v) is 5.13. The molecule has 3 aliphatic rings. The molecule has 1 amide bonds. The van der Waals surface area contributed by atoms with Crippen LogP contribution in [0.3, 0.4) is 0 Å². The summed E-state index contributed by atoms with van der Waals surface area (Å²) in [4.78, 5) is 22.3. The predicted octanol–water partition coefficient (Wildman–Crippen LogP) is 3.10. The van der Waals surface area contributed by atoms with Gasteiger partial charge in [-0.15, -0.1) is 0 Å². The van der Waals surface area contributed by atoms with E-state index in [1.54, 1.807) is 18.2 Å². The van der Waals surface area contributed by atoms with E-state index in [1.165, 1.54) is 44.3 Å². The first-order valence-corrected chi connectivity index (χ1v) is 11.0. The van der Waals surface area contributed by atoms with E-state index in [4.69, 9.17) is 0 Å². The van der Waals surface area contributed by atoms with E-state index in [0.29, 0.717) is 5.56 Å². The average molecular weight is 402 g/mol. The van der Waals surface area contributed by atoms with Crippen molar-refractivity contribution >= 4 is 11.6 Å². The van der Waals surface area contributed by atoms with Gasteiger partial charge >= 0.3 is 0 Å². The highest BCUT2D eigenvalue weighted by Crippen LogP contribution is 2.37. The number of anilines is 1. The number of hydrogen-bond donors (Lipinski definition) is 1. The van der Waals surface area contributed by atoms with Crippen molar-refractivity contribution in [1.29, 1.82) is 5.26 Å². The van der Waals surface area contributed by atoms with Gasteiger partial charge in [-0.3, -0.25) is 14.7 Å². The van der Waals surface area contributed by atoms with Crippen LogP contribution in [0.15, 0.2) is 36.5 Å². The molecule has 4 heterocycles. The minimum absolute atomic E-state index is 0.0793. The van der Waals surface area contributed by atoms with Gasteiger partial charge in [0.05, 0.1) is 17.3 Å². The Bertz CT molecular complexity index is 966. The summed E-state index contributed by atoms with van der Waals surface area (Å²) in [5.41, 5.74) is 4.09. The number of nitriles is 1. The summed E-state index contributed by atoms with van der Waals surface area (Å²) in [6.07, 6.45) is 7.14. The van der Waals surface area contributed by atoms with Crippen molar-refractivity contribution in [3.63, 3.8) is 0 Å². The van der Waals surface area contributed by atoms with Crippen LogP contribution in [0.5, 0.6) is 0 Å². The van der Waals surface area contributed by atoms with Gasteiger partial charge in [-0.1, -0.05) is 6.07 Å². The van der Waals surface area contributed by atoms with Gasteiger partial charge in [0.15, 0.2) is 0 Å². The summed E-state index contributed by atoms with van der Waals surface area (Å²) in [6.45, 7) is 5.75. The van der Waals surface area contributed by atoms with Crippen LogP contribution in [-0.4, -0.2) is 52.9 Å². The molecule has 6 heteroatoms. The topological polar surface area (TPSA) is 72.3 Å². The first-order chi connectivity index (χ1) is 14.7. The van der Waals surface area contributed by atoms with Gasteiger partial charge in [-0.2, -0.15) is 5.26 Å². The van der Waals surface area contributed by atoms with Gasteiger partial charge < -0.3 is 10.2 Å². The Labute approximate surface area is 177 Å². The molecule has 6 nitrogen and oxygen atoms in total. The molecule has 1 aromatic heterocycles. The molecular weight excluding hydrogens is 374 g/mol. The van der Waals surface area contributed by atoms with Gasteiger partial charge in [0.25, 0.3) is 0 Å². The maximum atomic E-state index is 12.5. The highest BCUT2D eigenvalue weighted by atomic mass is 16.2. The highest BCUT2D eigenvalue weighted by molar-refractivity contribution is 6.04. The Balaban J connectivity index is 1.24. The summed E-state index contributed by atoms with van der Waals surface area (Å²) in [5.74, 6) is -0.525. The third-order valence-electron chi connectivity index (χ3n) is 6.78. The molecule has 0 radical (unpaired) electrons. The second-order valence-corrected chi connectivity index (χ2v) is 8.68. The Morgan fingerprint density at radius 3 is 2.60 bits per heavy atom. The van der Waals surface area contributed by atoms with Crippen LogP contribution >= 0.6 is 0 Å². The first-order valence-electron chi connectivity index (χ1n) is 11.0. The van der Waals surface area contributed by atoms with Gasteiger partial charge in [0, 0.05) is 24.5 Å². The number of piperidine rings is 1. The molecule has 2 aromatic rings. The molecular formula is C24H27N5O. The zero-order chi connectivity index (χ0) is 20.5. The molecule has 3 aliphatic heterocycles. The van der Waals surface area contributed by atoms with E-state index in [1.807, 2.05) is 12.3 Å². The molecule has 1 atom stereocenters. The lowest BCUT2D eigenvalue weighted by molar-refractivity contribution is -0.116. The lowest BCUT2D eigenvalue weighted by Gasteiger charge is -2.36. The average Bonchev–Trinajstić information content (AvgIpc) is 3.42. The quantitative estimate of drug-likeness (QED) is 0.852. The molecule has 154 valence electrons. The minimum atomic E-state index is -0.446. The second kappa shape index (κ2) is 8.17. The summed E-state index contributed by atoms with van der Waals surface area (Å²) in [7, 11) is 0. The Hall–Kier alpha value is -2.75. The van der Waals surface area contributed by atoms with E-state index in [0.717, 1.165) is 42.6 Å². The third kappa shape index (κ3) is 3.71. The SMILES string of the molecule is N#Cc1ccc2c(c1)C(c1ccc(CN3CCC(N4CCCC4)CC3)cn1)C(=O)N2. The van der Waals surface area contributed by atoms with E-state index in [-0.39, 0.29) is 5.91 Å². The standard InChI is InChI=1S/C24H27N5O/c25-14-17-3-5-21-20(13-17)23(24(30)27-21)22-6-4-18(15-26-22)16-28-11-7-19(8-12-28)29-9-1-2-10-29/h3-6,13,15,19,23H,1-2,7-12,16H2,(H,27,30). The molecule has 2 fully saturated rings. The normalized spacial score (nSPS) is 22.6. The maximum Gasteiger partial charge on any atom is 0.238 e. The Morgan fingerprint density at radius 1 is 1.10 bits per heavy atom. The molecule has 0 bridgehead atoms. The van der Waals surface area contributed by atoms with Crippen LogP contribution < -0.4 is 5.32 Å². The number of amides is 1. The number of hydrogen-bond acceptors (Lipinski definition) is 5. The lowest BCUT2D eigenvalue weighted by atomic mass is 9.95. The van der Waals surface area contributed by atoms with Crippen LogP contribution in [0.4, 0.5) is 5.69 Å². The molecule has 1 N–H and O–H groups in total. The van der Waals surface area contributed by atoms with Crippen molar-refractivity contribution in [2.75, 3.05) is 31.5 Å². The molecule has 1 unspecified atom stereocenters. The number of likely N-dealkylation sites (tertiary alicyclic amines) is 2. The van der Waals surface area contributed by atoms with Crippen LogP contribution in [0.2, 0.25) is 0 Å². The van der Waals surface area contributed by atoms with Crippen molar-refractivity contribution in [3.8, 4) is 6.07 Å². The molecule has 0 saturated carbocycles. The third-order valence-corrected chi connectivity index (χ3v) is 6.78. The van der Waals surface area contributed by atoms with Gasteiger partial charge in [0.1, 0.15) is 5.92 Å². The number of nitrogens with zero attached hydrogens (tertiary/aromatic N) is 4. The fraction of sp³-hybridized carbons (Fsp3) is 0.458. The fourth-order valence-electron chi connectivity index (χ4n) is 5.13. The second-order valence-electron chi connectivity index (χ2n) is 8.68. The molecule has 0 aliphatic carbocycles. The van der Waals surface area contributed by atoms with E-state index in [2.05, 4.69) is 32.2 Å². The van der Waals surface area contributed by atoms with Crippen molar-refractivity contribution in [2.24, 2.45) is 0 Å². The molecule has 2 saturated heterocycles. The van der Waals surface area contributed by atoms with Crippen molar-refractivity contribution in [3.05, 3.63) is 58.9 Å². The number of aromatic nitrogens is 1.